The first-order chi connectivity index (χ1) is 11.1. The topological polar surface area (TPSA) is 55.7 Å². The number of methoxy groups -OCH3 is 1. The average Bonchev–Trinajstić information content (AvgIpc) is 2.57. The fourth-order valence-corrected chi connectivity index (χ4v) is 2.81. The first-order valence-corrected chi connectivity index (χ1v) is 8.21. The molecule has 1 aliphatic rings. The van der Waals surface area contributed by atoms with E-state index in [9.17, 15) is 0 Å². The van der Waals surface area contributed by atoms with Crippen LogP contribution in [0.4, 0.5) is 0 Å². The van der Waals surface area contributed by atoms with Crippen molar-refractivity contribution in [1.82, 2.24) is 10.5 Å². The second-order valence-electron chi connectivity index (χ2n) is 5.09. The first-order valence-electron chi connectivity index (χ1n) is 7.04. The zero-order valence-electron chi connectivity index (χ0n) is 12.6. The van der Waals surface area contributed by atoms with Crippen LogP contribution in [-0.2, 0) is 4.84 Å². The summed E-state index contributed by atoms with van der Waals surface area (Å²) in [5.41, 5.74) is 4.54. The molecule has 0 radical (unpaired) electrons. The number of nitrogens with zero attached hydrogens (tertiary/aromatic N) is 2. The second kappa shape index (κ2) is 6.86. The van der Waals surface area contributed by atoms with Gasteiger partial charge in [-0.2, -0.15) is 0 Å². The quantitative estimate of drug-likeness (QED) is 0.854. The van der Waals surface area contributed by atoms with Crippen molar-refractivity contribution in [2.75, 3.05) is 7.11 Å². The van der Waals surface area contributed by atoms with Crippen LogP contribution in [-0.4, -0.2) is 24.0 Å². The summed E-state index contributed by atoms with van der Waals surface area (Å²) in [6, 6.07) is 11.2. The molecule has 2 heterocycles. The normalized spacial score (nSPS) is 20.6. The van der Waals surface area contributed by atoms with Gasteiger partial charge in [-0.3, -0.25) is 9.83 Å². The highest BCUT2D eigenvalue weighted by Crippen LogP contribution is 2.28. The Balaban J connectivity index is 1.96. The molecule has 120 valence electrons. The summed E-state index contributed by atoms with van der Waals surface area (Å²) in [7, 11) is 1.57. The lowest BCUT2D eigenvalue weighted by Crippen LogP contribution is -2.38. The van der Waals surface area contributed by atoms with Crippen LogP contribution in [0.2, 0.25) is 5.02 Å². The molecular formula is C16H15BrClN3O2. The molecule has 1 N–H and O–H groups in total. The van der Waals surface area contributed by atoms with E-state index in [-0.39, 0.29) is 12.1 Å². The third kappa shape index (κ3) is 3.49. The molecule has 2 atom stereocenters. The molecule has 1 aromatic carbocycles. The van der Waals surface area contributed by atoms with Gasteiger partial charge >= 0.3 is 0 Å². The summed E-state index contributed by atoms with van der Waals surface area (Å²) in [4.78, 5) is 14.8. The summed E-state index contributed by atoms with van der Waals surface area (Å²) in [6.45, 7) is 1.96. The van der Waals surface area contributed by atoms with E-state index in [1.54, 1.807) is 7.11 Å². The fourth-order valence-electron chi connectivity index (χ4n) is 2.31. The molecule has 0 unspecified atom stereocenters. The number of halogens is 2. The van der Waals surface area contributed by atoms with Crippen LogP contribution in [0.15, 0.2) is 45.9 Å². The number of nitrogens with one attached hydrogen (secondary N) is 1. The van der Waals surface area contributed by atoms with Crippen molar-refractivity contribution < 1.29 is 9.57 Å². The van der Waals surface area contributed by atoms with E-state index in [0.717, 1.165) is 10.0 Å². The Morgan fingerprint density at radius 3 is 2.65 bits per heavy atom. The van der Waals surface area contributed by atoms with Crippen LogP contribution >= 0.6 is 27.5 Å². The van der Waals surface area contributed by atoms with Gasteiger partial charge in [0.25, 0.3) is 0 Å². The lowest BCUT2D eigenvalue weighted by atomic mass is 10.0. The lowest BCUT2D eigenvalue weighted by Gasteiger charge is -2.27. The van der Waals surface area contributed by atoms with E-state index in [1.807, 2.05) is 43.3 Å². The Morgan fingerprint density at radius 1 is 1.22 bits per heavy atom. The number of hydrogen-bond donors (Lipinski definition) is 1. The zero-order chi connectivity index (χ0) is 16.4. The van der Waals surface area contributed by atoms with Crippen molar-refractivity contribution in [2.45, 2.75) is 19.1 Å². The molecule has 0 aliphatic carbocycles. The summed E-state index contributed by atoms with van der Waals surface area (Å²) in [5, 5.41) is 0.694. The predicted octanol–water partition coefficient (Wildman–Crippen LogP) is 3.92. The van der Waals surface area contributed by atoms with Gasteiger partial charge < -0.3 is 4.74 Å². The minimum Gasteiger partial charge on any atom is -0.480 e. The minimum atomic E-state index is -0.139. The third-order valence-corrected chi connectivity index (χ3v) is 4.37. The molecule has 0 fully saturated rings. The fraction of sp³-hybridized carbons (Fsp3) is 0.250. The second-order valence-corrected chi connectivity index (χ2v) is 6.38. The number of aromatic nitrogens is 1. The predicted molar refractivity (Wildman–Crippen MR) is 92.9 cm³/mol. The Bertz CT molecular complexity index is 737. The van der Waals surface area contributed by atoms with Crippen molar-refractivity contribution in [3.63, 3.8) is 0 Å². The van der Waals surface area contributed by atoms with E-state index in [2.05, 4.69) is 26.4 Å². The molecule has 1 aliphatic heterocycles. The molecule has 0 bridgehead atoms. The Hall–Kier alpha value is -1.63. The number of benzene rings is 1. The van der Waals surface area contributed by atoms with Crippen molar-refractivity contribution in [2.24, 2.45) is 4.99 Å². The number of aliphatic imine (C=N–C) groups is 1. The molecule has 0 saturated carbocycles. The number of rotatable bonds is 3. The largest absolute Gasteiger partial charge is 0.480 e. The standard InChI is InChI=1S/C16H15BrClN3O2/c1-9-14(10-3-5-11(18)6-4-10)20-15(21-23-9)13-8-7-12(17)16(19-13)22-2/h3-9,14H,1-2H3,(H,20,21)/t9-,14-/m0/s1. The van der Waals surface area contributed by atoms with Crippen LogP contribution in [0, 0.1) is 0 Å². The average molecular weight is 397 g/mol. The van der Waals surface area contributed by atoms with E-state index < -0.39 is 0 Å². The summed E-state index contributed by atoms with van der Waals surface area (Å²) in [5.74, 6) is 1.06. The van der Waals surface area contributed by atoms with Crippen molar-refractivity contribution in [1.29, 1.82) is 0 Å². The number of amidine groups is 1. The molecule has 23 heavy (non-hydrogen) atoms. The van der Waals surface area contributed by atoms with E-state index in [4.69, 9.17) is 26.2 Å². The van der Waals surface area contributed by atoms with Crippen LogP contribution in [0.25, 0.3) is 0 Å². The number of pyridine rings is 1. The summed E-state index contributed by atoms with van der Waals surface area (Å²) < 4.78 is 6.01. The molecule has 1 aromatic heterocycles. The van der Waals surface area contributed by atoms with Gasteiger partial charge in [0.1, 0.15) is 17.8 Å². The molecule has 5 nitrogen and oxygen atoms in total. The monoisotopic (exact) mass is 395 g/mol. The van der Waals surface area contributed by atoms with Crippen LogP contribution in [0.3, 0.4) is 0 Å². The highest BCUT2D eigenvalue weighted by molar-refractivity contribution is 9.10. The highest BCUT2D eigenvalue weighted by atomic mass is 79.9. The van der Waals surface area contributed by atoms with Crippen molar-refractivity contribution in [3.8, 4) is 5.88 Å². The van der Waals surface area contributed by atoms with Gasteiger partial charge in [-0.1, -0.05) is 23.7 Å². The van der Waals surface area contributed by atoms with Gasteiger partial charge in [0.05, 0.1) is 11.6 Å². The van der Waals surface area contributed by atoms with E-state index >= 15 is 0 Å². The van der Waals surface area contributed by atoms with Crippen LogP contribution in [0.5, 0.6) is 5.88 Å². The van der Waals surface area contributed by atoms with Gasteiger partial charge in [-0.25, -0.2) is 10.5 Å². The van der Waals surface area contributed by atoms with E-state index in [0.29, 0.717) is 22.4 Å². The maximum atomic E-state index is 5.95. The molecule has 7 heteroatoms. The number of hydroxylamine groups is 1. The zero-order valence-corrected chi connectivity index (χ0v) is 14.9. The Labute approximate surface area is 147 Å². The third-order valence-electron chi connectivity index (χ3n) is 3.52. The maximum absolute atomic E-state index is 5.95. The minimum absolute atomic E-state index is 0.114. The first kappa shape index (κ1) is 16.2. The summed E-state index contributed by atoms with van der Waals surface area (Å²) >= 11 is 9.34. The number of hydrogen-bond acceptors (Lipinski definition) is 5. The van der Waals surface area contributed by atoms with Crippen LogP contribution < -0.4 is 10.2 Å². The lowest BCUT2D eigenvalue weighted by molar-refractivity contribution is -0.00478. The number of ether oxygens (including phenoxy) is 1. The smallest absolute Gasteiger partial charge is 0.228 e. The van der Waals surface area contributed by atoms with E-state index in [1.165, 1.54) is 0 Å². The Kier molecular flexibility index (Phi) is 4.84. The van der Waals surface area contributed by atoms with Gasteiger partial charge in [0.15, 0.2) is 5.84 Å². The molecule has 2 aromatic rings. The molecule has 3 rings (SSSR count). The van der Waals surface area contributed by atoms with Gasteiger partial charge in [-0.15, -0.1) is 0 Å². The Morgan fingerprint density at radius 2 is 1.96 bits per heavy atom. The van der Waals surface area contributed by atoms with Gasteiger partial charge in [-0.05, 0) is 52.7 Å². The molecule has 0 amide bonds. The van der Waals surface area contributed by atoms with Crippen LogP contribution in [0.1, 0.15) is 24.2 Å². The van der Waals surface area contributed by atoms with Crippen molar-refractivity contribution >= 4 is 33.4 Å². The van der Waals surface area contributed by atoms with Crippen molar-refractivity contribution in [3.05, 3.63) is 57.2 Å². The maximum Gasteiger partial charge on any atom is 0.228 e. The molecule has 0 saturated heterocycles. The van der Waals surface area contributed by atoms with Gasteiger partial charge in [0, 0.05) is 5.02 Å². The SMILES string of the molecule is COc1nc(C2=N[C@H](c3ccc(Cl)cc3)[C@H](C)ON2)ccc1Br. The molecular weight excluding hydrogens is 382 g/mol. The summed E-state index contributed by atoms with van der Waals surface area (Å²) in [6.07, 6.45) is -0.114. The van der Waals surface area contributed by atoms with Gasteiger partial charge in [0.2, 0.25) is 5.88 Å². The molecule has 0 spiro atoms. The highest BCUT2D eigenvalue weighted by Gasteiger charge is 2.26.